The Bertz CT molecular complexity index is 185. The van der Waals surface area contributed by atoms with Gasteiger partial charge in [-0.15, -0.1) is 0 Å². The summed E-state index contributed by atoms with van der Waals surface area (Å²) in [6, 6.07) is 0. The van der Waals surface area contributed by atoms with Crippen molar-refractivity contribution >= 4 is 5.97 Å². The number of aliphatic hydroxyl groups is 1. The van der Waals surface area contributed by atoms with Crippen LogP contribution in [0.2, 0.25) is 0 Å². The predicted molar refractivity (Wildman–Crippen MR) is 58.4 cm³/mol. The molecule has 1 rings (SSSR count). The maximum absolute atomic E-state index is 11.1. The van der Waals surface area contributed by atoms with Gasteiger partial charge in [0.05, 0.1) is 6.61 Å². The first kappa shape index (κ1) is 12.5. The van der Waals surface area contributed by atoms with Crippen molar-refractivity contribution in [3.63, 3.8) is 0 Å². The molecule has 3 heteroatoms. The van der Waals surface area contributed by atoms with Crippen LogP contribution in [0.3, 0.4) is 0 Å². The topological polar surface area (TPSA) is 46.5 Å². The zero-order valence-corrected chi connectivity index (χ0v) is 9.58. The standard InChI is InChI=1S/C12H22O3/c1-2-15-12(14)11(13)9-8-10-6-4-3-5-7-10/h10-11,13H,2-9H2,1H3/t11-/m0/s1. The molecule has 1 saturated carbocycles. The molecule has 0 saturated heterocycles. The van der Waals surface area contributed by atoms with Crippen LogP contribution in [0.15, 0.2) is 0 Å². The molecule has 0 radical (unpaired) electrons. The highest BCUT2D eigenvalue weighted by Crippen LogP contribution is 2.27. The average molecular weight is 214 g/mol. The third-order valence-corrected chi connectivity index (χ3v) is 3.13. The molecule has 0 aliphatic heterocycles. The predicted octanol–water partition coefficient (Wildman–Crippen LogP) is 2.27. The fraction of sp³-hybridized carbons (Fsp3) is 0.917. The average Bonchev–Trinajstić information content (AvgIpc) is 2.27. The molecule has 1 aliphatic rings. The van der Waals surface area contributed by atoms with Gasteiger partial charge in [-0.25, -0.2) is 4.79 Å². The second-order valence-corrected chi connectivity index (χ2v) is 4.35. The van der Waals surface area contributed by atoms with Crippen LogP contribution in [-0.4, -0.2) is 23.8 Å². The third-order valence-electron chi connectivity index (χ3n) is 3.13. The van der Waals surface area contributed by atoms with Crippen LogP contribution in [0.25, 0.3) is 0 Å². The zero-order chi connectivity index (χ0) is 11.1. The first-order chi connectivity index (χ1) is 7.24. The van der Waals surface area contributed by atoms with E-state index in [1.807, 2.05) is 0 Å². The van der Waals surface area contributed by atoms with Crippen molar-refractivity contribution in [3.05, 3.63) is 0 Å². The number of esters is 1. The third kappa shape index (κ3) is 4.65. The summed E-state index contributed by atoms with van der Waals surface area (Å²) in [7, 11) is 0. The van der Waals surface area contributed by atoms with Gasteiger partial charge in [-0.1, -0.05) is 32.1 Å². The minimum absolute atomic E-state index is 0.347. The lowest BCUT2D eigenvalue weighted by Crippen LogP contribution is -2.24. The molecule has 0 bridgehead atoms. The summed E-state index contributed by atoms with van der Waals surface area (Å²) in [5.41, 5.74) is 0. The highest BCUT2D eigenvalue weighted by molar-refractivity contribution is 5.74. The van der Waals surface area contributed by atoms with Crippen LogP contribution in [0.1, 0.15) is 51.9 Å². The molecular weight excluding hydrogens is 192 g/mol. The minimum Gasteiger partial charge on any atom is -0.464 e. The van der Waals surface area contributed by atoms with Crippen molar-refractivity contribution in [1.82, 2.24) is 0 Å². The van der Waals surface area contributed by atoms with E-state index in [0.29, 0.717) is 18.9 Å². The molecule has 0 amide bonds. The van der Waals surface area contributed by atoms with Gasteiger partial charge >= 0.3 is 5.97 Å². The lowest BCUT2D eigenvalue weighted by Gasteiger charge is -2.22. The Morgan fingerprint density at radius 3 is 2.67 bits per heavy atom. The molecule has 15 heavy (non-hydrogen) atoms. The van der Waals surface area contributed by atoms with Crippen LogP contribution in [0, 0.1) is 5.92 Å². The van der Waals surface area contributed by atoms with Crippen molar-refractivity contribution < 1.29 is 14.6 Å². The molecule has 0 spiro atoms. The Kier molecular flexibility index (Phi) is 5.69. The summed E-state index contributed by atoms with van der Waals surface area (Å²) in [5, 5.41) is 9.50. The highest BCUT2D eigenvalue weighted by Gasteiger charge is 2.19. The van der Waals surface area contributed by atoms with E-state index in [-0.39, 0.29) is 0 Å². The molecule has 88 valence electrons. The second-order valence-electron chi connectivity index (χ2n) is 4.35. The van der Waals surface area contributed by atoms with Gasteiger partial charge in [-0.05, 0) is 25.7 Å². The van der Waals surface area contributed by atoms with Gasteiger partial charge in [-0.2, -0.15) is 0 Å². The van der Waals surface area contributed by atoms with Crippen LogP contribution < -0.4 is 0 Å². The summed E-state index contributed by atoms with van der Waals surface area (Å²) in [6.07, 6.45) is 7.08. The van der Waals surface area contributed by atoms with Crippen molar-refractivity contribution in [2.75, 3.05) is 6.61 Å². The maximum atomic E-state index is 11.1. The van der Waals surface area contributed by atoms with Gasteiger partial charge in [-0.3, -0.25) is 0 Å². The Hall–Kier alpha value is -0.570. The van der Waals surface area contributed by atoms with Gasteiger partial charge in [0, 0.05) is 0 Å². The van der Waals surface area contributed by atoms with Crippen molar-refractivity contribution in [3.8, 4) is 0 Å². The Morgan fingerprint density at radius 2 is 2.07 bits per heavy atom. The number of aliphatic hydroxyl groups excluding tert-OH is 1. The summed E-state index contributed by atoms with van der Waals surface area (Å²) < 4.78 is 4.75. The fourth-order valence-corrected chi connectivity index (χ4v) is 2.23. The SMILES string of the molecule is CCOC(=O)[C@@H](O)CCC1CCCCC1. The Morgan fingerprint density at radius 1 is 1.40 bits per heavy atom. The van der Waals surface area contributed by atoms with Gasteiger partial charge < -0.3 is 9.84 Å². The molecule has 0 aromatic heterocycles. The summed E-state index contributed by atoms with van der Waals surface area (Å²) in [5.74, 6) is 0.246. The molecule has 1 N–H and O–H groups in total. The lowest BCUT2D eigenvalue weighted by atomic mass is 9.85. The summed E-state index contributed by atoms with van der Waals surface area (Å²) in [4.78, 5) is 11.1. The number of hydrogen-bond acceptors (Lipinski definition) is 3. The van der Waals surface area contributed by atoms with Crippen LogP contribution in [0.4, 0.5) is 0 Å². The quantitative estimate of drug-likeness (QED) is 0.714. The first-order valence-corrected chi connectivity index (χ1v) is 6.08. The van der Waals surface area contributed by atoms with E-state index in [1.54, 1.807) is 6.92 Å². The molecule has 0 aromatic rings. The smallest absolute Gasteiger partial charge is 0.334 e. The molecule has 3 nitrogen and oxygen atoms in total. The van der Waals surface area contributed by atoms with E-state index in [0.717, 1.165) is 6.42 Å². The zero-order valence-electron chi connectivity index (χ0n) is 9.58. The van der Waals surface area contributed by atoms with E-state index in [9.17, 15) is 9.90 Å². The van der Waals surface area contributed by atoms with Crippen LogP contribution in [0.5, 0.6) is 0 Å². The van der Waals surface area contributed by atoms with Gasteiger partial charge in [0.1, 0.15) is 0 Å². The lowest BCUT2D eigenvalue weighted by molar-refractivity contribution is -0.153. The Balaban J connectivity index is 2.14. The fourth-order valence-electron chi connectivity index (χ4n) is 2.23. The minimum atomic E-state index is -0.910. The number of rotatable bonds is 5. The Labute approximate surface area is 91.8 Å². The van der Waals surface area contributed by atoms with E-state index in [1.165, 1.54) is 32.1 Å². The molecule has 1 fully saturated rings. The second kappa shape index (κ2) is 6.83. The normalized spacial score (nSPS) is 19.9. The van der Waals surface area contributed by atoms with Gasteiger partial charge in [0.15, 0.2) is 6.10 Å². The highest BCUT2D eigenvalue weighted by atomic mass is 16.5. The van der Waals surface area contributed by atoms with Crippen molar-refractivity contribution in [2.45, 2.75) is 58.0 Å². The molecular formula is C12H22O3. The van der Waals surface area contributed by atoms with E-state index >= 15 is 0 Å². The van der Waals surface area contributed by atoms with Crippen molar-refractivity contribution in [2.24, 2.45) is 5.92 Å². The van der Waals surface area contributed by atoms with E-state index < -0.39 is 12.1 Å². The molecule has 1 atom stereocenters. The van der Waals surface area contributed by atoms with E-state index in [2.05, 4.69) is 0 Å². The summed E-state index contributed by atoms with van der Waals surface area (Å²) >= 11 is 0. The summed E-state index contributed by atoms with van der Waals surface area (Å²) in [6.45, 7) is 2.10. The molecule has 1 aliphatic carbocycles. The number of carbonyl (C=O) groups excluding carboxylic acids is 1. The first-order valence-electron chi connectivity index (χ1n) is 6.08. The largest absolute Gasteiger partial charge is 0.464 e. The van der Waals surface area contributed by atoms with Gasteiger partial charge in [0.2, 0.25) is 0 Å². The number of hydrogen-bond donors (Lipinski definition) is 1. The van der Waals surface area contributed by atoms with Gasteiger partial charge in [0.25, 0.3) is 0 Å². The monoisotopic (exact) mass is 214 g/mol. The van der Waals surface area contributed by atoms with Crippen molar-refractivity contribution in [1.29, 1.82) is 0 Å². The maximum Gasteiger partial charge on any atom is 0.334 e. The number of carbonyl (C=O) groups is 1. The van der Waals surface area contributed by atoms with Crippen LogP contribution >= 0.6 is 0 Å². The number of ether oxygens (including phenoxy) is 1. The molecule has 0 heterocycles. The van der Waals surface area contributed by atoms with Crippen LogP contribution in [-0.2, 0) is 9.53 Å². The molecule has 0 aromatic carbocycles. The van der Waals surface area contributed by atoms with E-state index in [4.69, 9.17) is 4.74 Å². The molecule has 0 unspecified atom stereocenters.